The van der Waals surface area contributed by atoms with Crippen molar-refractivity contribution in [2.75, 3.05) is 68.9 Å². The second-order valence-corrected chi connectivity index (χ2v) is 13.1. The Hall–Kier alpha value is -4.47. The van der Waals surface area contributed by atoms with Gasteiger partial charge in [0.1, 0.15) is 28.2 Å². The number of amides is 2. The van der Waals surface area contributed by atoms with Crippen molar-refractivity contribution in [3.8, 4) is 21.7 Å². The number of hydrogen-bond donors (Lipinski definition) is 4. The van der Waals surface area contributed by atoms with Gasteiger partial charge in [0.05, 0.1) is 5.57 Å². The number of rotatable bonds is 10. The fraction of sp³-hybridized carbons (Fsp3) is 0.424. The fourth-order valence-corrected chi connectivity index (χ4v) is 7.22. The highest BCUT2D eigenvalue weighted by Crippen LogP contribution is 2.47. The lowest BCUT2D eigenvalue weighted by molar-refractivity contribution is -0.132. The highest BCUT2D eigenvalue weighted by Gasteiger charge is 2.39. The number of aliphatic carboxylic acids is 1. The number of carboxylic acids is 1. The topological polar surface area (TPSA) is 139 Å². The van der Waals surface area contributed by atoms with E-state index in [0.717, 1.165) is 37.3 Å². The van der Waals surface area contributed by atoms with Gasteiger partial charge in [0.15, 0.2) is 0 Å². The van der Waals surface area contributed by atoms with E-state index in [-0.39, 0.29) is 33.6 Å². The number of pyridine rings is 2. The van der Waals surface area contributed by atoms with Gasteiger partial charge in [-0.1, -0.05) is 6.92 Å². The molecule has 15 heteroatoms. The third-order valence-corrected chi connectivity index (χ3v) is 9.58. The zero-order chi connectivity index (χ0) is 34.2. The molecule has 3 aromatic heterocycles. The summed E-state index contributed by atoms with van der Waals surface area (Å²) in [5.41, 5.74) is 0.920. The molecule has 3 aromatic rings. The number of likely N-dealkylation sites (tertiary alicyclic amines) is 1. The van der Waals surface area contributed by atoms with Crippen LogP contribution in [-0.4, -0.2) is 101 Å². The minimum atomic E-state index is -3.61. The number of carboxylic acid groups (broad SMARTS) is 1. The zero-order valence-corrected chi connectivity index (χ0v) is 28.1. The highest BCUT2D eigenvalue weighted by atomic mass is 32.1. The van der Waals surface area contributed by atoms with Gasteiger partial charge in [0, 0.05) is 77.8 Å². The Labute approximate surface area is 281 Å². The Morgan fingerprint density at radius 3 is 2.69 bits per heavy atom. The molecule has 0 saturated carbocycles. The van der Waals surface area contributed by atoms with Gasteiger partial charge >= 0.3 is 17.9 Å². The molecule has 0 aromatic carbocycles. The van der Waals surface area contributed by atoms with Crippen molar-refractivity contribution in [1.82, 2.24) is 30.1 Å². The van der Waals surface area contributed by atoms with Gasteiger partial charge in [0.25, 0.3) is 0 Å². The first kappa shape index (κ1) is 33.4. The first-order valence-electron chi connectivity index (χ1n) is 16.0. The summed E-state index contributed by atoms with van der Waals surface area (Å²) in [7, 11) is 3.91. The molecule has 1 fully saturated rings. The second-order valence-electron chi connectivity index (χ2n) is 12.2. The molecule has 0 spiro atoms. The number of hydrogen-bond acceptors (Lipinski definition) is 10. The van der Waals surface area contributed by atoms with Crippen molar-refractivity contribution in [3.63, 3.8) is 0 Å². The van der Waals surface area contributed by atoms with Crippen molar-refractivity contribution in [2.45, 2.75) is 38.7 Å². The van der Waals surface area contributed by atoms with Crippen molar-refractivity contribution in [1.29, 1.82) is 0 Å². The van der Waals surface area contributed by atoms with Crippen LogP contribution in [-0.2, 0) is 10.7 Å². The van der Waals surface area contributed by atoms with Gasteiger partial charge in [-0.15, -0.1) is 11.3 Å². The van der Waals surface area contributed by atoms with Crippen LogP contribution in [0.2, 0.25) is 0 Å². The van der Waals surface area contributed by atoms with E-state index in [9.17, 15) is 14.7 Å². The Kier molecular flexibility index (Phi) is 9.45. The van der Waals surface area contributed by atoms with Crippen LogP contribution >= 0.6 is 11.3 Å². The predicted molar refractivity (Wildman–Crippen MR) is 184 cm³/mol. The smallest absolute Gasteiger partial charge is 0.337 e. The molecule has 254 valence electrons. The van der Waals surface area contributed by atoms with E-state index in [1.54, 1.807) is 30.2 Å². The molecular weight excluding hydrogens is 640 g/mol. The van der Waals surface area contributed by atoms with Gasteiger partial charge in [-0.05, 0) is 65.2 Å². The summed E-state index contributed by atoms with van der Waals surface area (Å²) in [6, 6.07) is 3.02. The number of likely N-dealkylation sites (N-methyl/N-ethyl adjacent to an activating group) is 2. The number of alkyl halides is 2. The number of halogens is 2. The maximum absolute atomic E-state index is 16.1. The van der Waals surface area contributed by atoms with Crippen LogP contribution < -0.4 is 20.9 Å². The van der Waals surface area contributed by atoms with Crippen LogP contribution in [0.4, 0.5) is 31.0 Å². The van der Waals surface area contributed by atoms with Crippen LogP contribution in [0.15, 0.2) is 41.6 Å². The van der Waals surface area contributed by atoms with Gasteiger partial charge in [-0.25, -0.2) is 24.5 Å². The maximum atomic E-state index is 16.1. The lowest BCUT2D eigenvalue weighted by Gasteiger charge is -2.34. The van der Waals surface area contributed by atoms with Crippen LogP contribution in [0.25, 0.3) is 27.3 Å². The quantitative estimate of drug-likeness (QED) is 0.228. The number of nitrogens with zero attached hydrogens (tertiary/aromatic N) is 6. The van der Waals surface area contributed by atoms with Gasteiger partial charge in [0.2, 0.25) is 0 Å². The molecule has 1 saturated heterocycles. The van der Waals surface area contributed by atoms with E-state index in [1.807, 2.05) is 19.0 Å². The molecule has 1 unspecified atom stereocenters. The van der Waals surface area contributed by atoms with E-state index in [4.69, 9.17) is 4.98 Å². The average Bonchev–Trinajstić information content (AvgIpc) is 3.72. The highest BCUT2D eigenvalue weighted by molar-refractivity contribution is 7.13. The van der Waals surface area contributed by atoms with Crippen molar-refractivity contribution in [3.05, 3.63) is 52.8 Å². The SMILES string of the molecule is CCNC(=O)Nc1cc2c(cn1)-c1cc3c(nc1NCCN(C)C)N(CC1CCCN1CC)C=C(C(=O)O)C3=CC(F)(F)c1csc-2n1. The molecule has 2 amide bonds. The van der Waals surface area contributed by atoms with Crippen molar-refractivity contribution < 1.29 is 23.5 Å². The predicted octanol–water partition coefficient (Wildman–Crippen LogP) is 5.14. The summed E-state index contributed by atoms with van der Waals surface area (Å²) < 4.78 is 32.2. The van der Waals surface area contributed by atoms with E-state index in [1.165, 1.54) is 11.6 Å². The minimum Gasteiger partial charge on any atom is -0.478 e. The van der Waals surface area contributed by atoms with Gasteiger partial charge in [-0.2, -0.15) is 8.78 Å². The normalized spacial score (nSPS) is 18.1. The lowest BCUT2D eigenvalue weighted by atomic mass is 9.90. The van der Waals surface area contributed by atoms with Crippen LogP contribution in [0.5, 0.6) is 0 Å². The van der Waals surface area contributed by atoms with Crippen LogP contribution in [0, 0.1) is 0 Å². The second kappa shape index (κ2) is 13.6. The number of thiazole rings is 1. The Balaban J connectivity index is 1.60. The number of nitrogens with one attached hydrogen (secondary N) is 3. The van der Waals surface area contributed by atoms with Gasteiger partial charge < -0.3 is 25.5 Å². The summed E-state index contributed by atoms with van der Waals surface area (Å²) in [5.74, 6) is -3.84. The molecule has 0 radical (unpaired) electrons. The molecule has 48 heavy (non-hydrogen) atoms. The number of allylic oxidation sites excluding steroid dienone is 1. The molecule has 6 rings (SSSR count). The van der Waals surface area contributed by atoms with E-state index >= 15 is 8.78 Å². The third kappa shape index (κ3) is 6.62. The Bertz CT molecular complexity index is 1790. The molecule has 12 nitrogen and oxygen atoms in total. The average molecular weight is 680 g/mol. The van der Waals surface area contributed by atoms with Gasteiger partial charge in [-0.3, -0.25) is 10.2 Å². The fourth-order valence-electron chi connectivity index (χ4n) is 6.34. The van der Waals surface area contributed by atoms with E-state index in [2.05, 4.69) is 37.7 Å². The summed E-state index contributed by atoms with van der Waals surface area (Å²) in [6.07, 6.45) is 5.64. The largest absolute Gasteiger partial charge is 0.478 e. The number of carbonyl (C=O) groups excluding carboxylic acids is 1. The lowest BCUT2D eigenvalue weighted by Crippen LogP contribution is -2.40. The summed E-state index contributed by atoms with van der Waals surface area (Å²) in [5, 5.41) is 20.8. The standard InChI is InChI=1S/C33H39F2N9O3S/c1-5-36-32(47)40-27-13-22-24(15-38-27)20-12-21-23(14-33(34,35)26-18-48-30(22)39-26)25(31(45)46)17-44(16-19-8-7-10-43(19)6-2)29(21)41-28(20)37-9-11-42(3)4/h12-15,17-19H,5-11,16H2,1-4H3,(H,37,41)(H,45,46)(H2,36,38,40,47). The summed E-state index contributed by atoms with van der Waals surface area (Å²) >= 11 is 1.03. The molecule has 6 heterocycles. The maximum Gasteiger partial charge on any atom is 0.337 e. The summed E-state index contributed by atoms with van der Waals surface area (Å²) in [4.78, 5) is 45.2. The first-order valence-corrected chi connectivity index (χ1v) is 16.9. The molecule has 3 aliphatic heterocycles. The number of urea groups is 1. The van der Waals surface area contributed by atoms with E-state index in [0.29, 0.717) is 60.6 Å². The summed E-state index contributed by atoms with van der Waals surface area (Å²) in [6.45, 7) is 7.73. The molecule has 0 aliphatic carbocycles. The number of fused-ring (bicyclic) bond motifs is 6. The molecular formula is C33H39F2N9O3S. The monoisotopic (exact) mass is 679 g/mol. The Morgan fingerprint density at radius 1 is 1.15 bits per heavy atom. The molecule has 4 bridgehead atoms. The number of anilines is 3. The third-order valence-electron chi connectivity index (χ3n) is 8.71. The number of aromatic nitrogens is 3. The van der Waals surface area contributed by atoms with Crippen molar-refractivity contribution in [2.24, 2.45) is 0 Å². The van der Waals surface area contributed by atoms with Crippen molar-refractivity contribution >= 4 is 46.4 Å². The van der Waals surface area contributed by atoms with E-state index < -0.39 is 23.6 Å². The minimum absolute atomic E-state index is 0.133. The van der Waals surface area contributed by atoms with Crippen LogP contribution in [0.1, 0.15) is 37.9 Å². The Morgan fingerprint density at radius 2 is 1.96 bits per heavy atom. The van der Waals surface area contributed by atoms with Crippen LogP contribution in [0.3, 0.4) is 0 Å². The molecule has 4 N–H and O–H groups in total. The molecule has 1 atom stereocenters. The number of carbonyl (C=O) groups is 2. The zero-order valence-electron chi connectivity index (χ0n) is 27.3. The molecule has 3 aliphatic rings. The first-order chi connectivity index (χ1) is 23.0.